The highest BCUT2D eigenvalue weighted by Crippen LogP contribution is 2.22. The van der Waals surface area contributed by atoms with Crippen molar-refractivity contribution in [2.45, 2.75) is 45.1 Å². The lowest BCUT2D eigenvalue weighted by molar-refractivity contribution is -0.134. The van der Waals surface area contributed by atoms with Gasteiger partial charge in [0, 0.05) is 24.7 Å². The van der Waals surface area contributed by atoms with Crippen molar-refractivity contribution in [2.24, 2.45) is 0 Å². The van der Waals surface area contributed by atoms with Gasteiger partial charge in [-0.05, 0) is 48.1 Å². The first-order chi connectivity index (χ1) is 13.8. The molecular formula is C24H30N2O3. The predicted octanol–water partition coefficient (Wildman–Crippen LogP) is 3.78. The second kappa shape index (κ2) is 9.12. The van der Waals surface area contributed by atoms with E-state index in [1.54, 1.807) is 0 Å². The van der Waals surface area contributed by atoms with Gasteiger partial charge in [-0.15, -0.1) is 0 Å². The van der Waals surface area contributed by atoms with E-state index in [9.17, 15) is 9.59 Å². The van der Waals surface area contributed by atoms with Crippen molar-refractivity contribution in [1.82, 2.24) is 10.2 Å². The van der Waals surface area contributed by atoms with Crippen LogP contribution >= 0.6 is 0 Å². The van der Waals surface area contributed by atoms with Gasteiger partial charge in [-0.25, -0.2) is 0 Å². The molecule has 154 valence electrons. The molecule has 0 bridgehead atoms. The molecule has 0 unspecified atom stereocenters. The van der Waals surface area contributed by atoms with Gasteiger partial charge in [0.2, 0.25) is 0 Å². The summed E-state index contributed by atoms with van der Waals surface area (Å²) in [7, 11) is 0. The third-order valence-corrected chi connectivity index (χ3v) is 5.30. The van der Waals surface area contributed by atoms with Crippen LogP contribution in [0.15, 0.2) is 54.6 Å². The highest BCUT2D eigenvalue weighted by Gasteiger charge is 2.24. The molecule has 0 aromatic heterocycles. The first-order valence-electron chi connectivity index (χ1n) is 10.2. The minimum atomic E-state index is -0.0531. The van der Waals surface area contributed by atoms with E-state index in [0.717, 1.165) is 12.8 Å². The maximum Gasteiger partial charge on any atom is 0.260 e. The Morgan fingerprint density at radius 1 is 1.00 bits per heavy atom. The zero-order chi connectivity index (χ0) is 20.9. The molecule has 0 aliphatic carbocycles. The highest BCUT2D eigenvalue weighted by atomic mass is 16.5. The van der Waals surface area contributed by atoms with Gasteiger partial charge in [-0.2, -0.15) is 0 Å². The topological polar surface area (TPSA) is 58.6 Å². The molecular weight excluding hydrogens is 364 g/mol. The summed E-state index contributed by atoms with van der Waals surface area (Å²) in [4.78, 5) is 26.7. The second-order valence-electron chi connectivity index (χ2n) is 8.56. The molecule has 2 amide bonds. The minimum absolute atomic E-state index is 0.0172. The van der Waals surface area contributed by atoms with Gasteiger partial charge in [0.05, 0.1) is 0 Å². The number of hydrogen-bond acceptors (Lipinski definition) is 3. The van der Waals surface area contributed by atoms with Crippen molar-refractivity contribution < 1.29 is 14.3 Å². The smallest absolute Gasteiger partial charge is 0.260 e. The molecule has 0 spiro atoms. The number of nitrogens with zero attached hydrogens (tertiary/aromatic N) is 1. The molecule has 5 heteroatoms. The van der Waals surface area contributed by atoms with E-state index >= 15 is 0 Å². The number of likely N-dealkylation sites (tertiary alicyclic amines) is 1. The number of piperidine rings is 1. The van der Waals surface area contributed by atoms with Gasteiger partial charge >= 0.3 is 0 Å². The van der Waals surface area contributed by atoms with Crippen LogP contribution in [-0.4, -0.2) is 42.5 Å². The normalized spacial score (nSPS) is 15.1. The molecule has 0 radical (unpaired) electrons. The molecule has 1 aliphatic heterocycles. The zero-order valence-electron chi connectivity index (χ0n) is 17.5. The van der Waals surface area contributed by atoms with E-state index in [2.05, 4.69) is 26.1 Å². The summed E-state index contributed by atoms with van der Waals surface area (Å²) in [6.07, 6.45) is 1.51. The van der Waals surface area contributed by atoms with Gasteiger partial charge in [0.25, 0.3) is 11.8 Å². The van der Waals surface area contributed by atoms with Crippen LogP contribution in [0.2, 0.25) is 0 Å². The van der Waals surface area contributed by atoms with E-state index in [1.165, 1.54) is 5.56 Å². The molecule has 1 heterocycles. The van der Waals surface area contributed by atoms with Crippen molar-refractivity contribution in [3.63, 3.8) is 0 Å². The largest absolute Gasteiger partial charge is 0.484 e. The Kier molecular flexibility index (Phi) is 6.57. The molecule has 2 aromatic rings. The van der Waals surface area contributed by atoms with E-state index in [0.29, 0.717) is 24.4 Å². The summed E-state index contributed by atoms with van der Waals surface area (Å²) < 4.78 is 5.54. The molecule has 1 fully saturated rings. The van der Waals surface area contributed by atoms with Crippen LogP contribution in [-0.2, 0) is 10.2 Å². The van der Waals surface area contributed by atoms with Crippen LogP contribution < -0.4 is 10.1 Å². The van der Waals surface area contributed by atoms with Crippen LogP contribution in [0.3, 0.4) is 0 Å². The average Bonchev–Trinajstić information content (AvgIpc) is 2.73. The first kappa shape index (κ1) is 20.9. The zero-order valence-corrected chi connectivity index (χ0v) is 17.5. The van der Waals surface area contributed by atoms with Crippen molar-refractivity contribution in [2.75, 3.05) is 19.7 Å². The first-order valence-corrected chi connectivity index (χ1v) is 10.2. The number of hydrogen-bond donors (Lipinski definition) is 1. The van der Waals surface area contributed by atoms with E-state index in [1.807, 2.05) is 59.5 Å². The Morgan fingerprint density at radius 2 is 1.62 bits per heavy atom. The highest BCUT2D eigenvalue weighted by molar-refractivity contribution is 5.94. The number of para-hydroxylation sites is 1. The molecule has 1 N–H and O–H groups in total. The summed E-state index contributed by atoms with van der Waals surface area (Å²) in [5.74, 6) is 0.625. The van der Waals surface area contributed by atoms with Gasteiger partial charge in [-0.1, -0.05) is 51.1 Å². The second-order valence-corrected chi connectivity index (χ2v) is 8.56. The van der Waals surface area contributed by atoms with Gasteiger partial charge in [-0.3, -0.25) is 9.59 Å². The molecule has 2 aromatic carbocycles. The van der Waals surface area contributed by atoms with E-state index in [4.69, 9.17) is 4.74 Å². The molecule has 29 heavy (non-hydrogen) atoms. The van der Waals surface area contributed by atoms with Crippen molar-refractivity contribution in [1.29, 1.82) is 0 Å². The molecule has 0 atom stereocenters. The van der Waals surface area contributed by atoms with Crippen molar-refractivity contribution in [3.05, 3.63) is 65.7 Å². The quantitative estimate of drug-likeness (QED) is 0.840. The van der Waals surface area contributed by atoms with Gasteiger partial charge < -0.3 is 15.0 Å². The standard InChI is InChI=1S/C24H30N2O3/c1-24(2,3)19-11-9-18(10-12-19)23(28)25-20-13-15-26(16-14-20)22(27)17-29-21-7-5-4-6-8-21/h4-12,20H,13-17H2,1-3H3,(H,25,28). The minimum Gasteiger partial charge on any atom is -0.484 e. The maximum atomic E-state index is 12.5. The van der Waals surface area contributed by atoms with Crippen LogP contribution in [0.1, 0.15) is 49.5 Å². The Bertz CT molecular complexity index is 817. The molecule has 5 nitrogen and oxygen atoms in total. The lowest BCUT2D eigenvalue weighted by atomic mass is 9.86. The Hall–Kier alpha value is -2.82. The van der Waals surface area contributed by atoms with Gasteiger partial charge in [0.15, 0.2) is 6.61 Å². The van der Waals surface area contributed by atoms with E-state index in [-0.39, 0.29) is 29.9 Å². The van der Waals surface area contributed by atoms with Crippen molar-refractivity contribution in [3.8, 4) is 5.75 Å². The number of carbonyl (C=O) groups excluding carboxylic acids is 2. The van der Waals surface area contributed by atoms with Crippen LogP contribution in [0.5, 0.6) is 5.75 Å². The number of nitrogens with one attached hydrogen (secondary N) is 1. The fraction of sp³-hybridized carbons (Fsp3) is 0.417. The third-order valence-electron chi connectivity index (χ3n) is 5.30. The van der Waals surface area contributed by atoms with Crippen molar-refractivity contribution >= 4 is 11.8 Å². The summed E-state index contributed by atoms with van der Waals surface area (Å²) in [5.41, 5.74) is 1.95. The molecule has 1 saturated heterocycles. The Labute approximate surface area is 173 Å². The summed E-state index contributed by atoms with van der Waals surface area (Å²) in [6.45, 7) is 7.77. The number of rotatable bonds is 5. The molecule has 3 rings (SSSR count). The monoisotopic (exact) mass is 394 g/mol. The predicted molar refractivity (Wildman–Crippen MR) is 114 cm³/mol. The van der Waals surface area contributed by atoms with E-state index < -0.39 is 0 Å². The van der Waals surface area contributed by atoms with Crippen LogP contribution in [0.4, 0.5) is 0 Å². The lowest BCUT2D eigenvalue weighted by Gasteiger charge is -2.32. The lowest BCUT2D eigenvalue weighted by Crippen LogP contribution is -2.47. The Morgan fingerprint density at radius 3 is 2.21 bits per heavy atom. The summed E-state index contributed by atoms with van der Waals surface area (Å²) >= 11 is 0. The fourth-order valence-corrected chi connectivity index (χ4v) is 3.42. The summed E-state index contributed by atoms with van der Waals surface area (Å²) in [5, 5.41) is 3.10. The average molecular weight is 395 g/mol. The fourth-order valence-electron chi connectivity index (χ4n) is 3.42. The molecule has 1 aliphatic rings. The Balaban J connectivity index is 1.44. The number of carbonyl (C=O) groups is 2. The third kappa shape index (κ3) is 5.83. The van der Waals surface area contributed by atoms with Crippen LogP contribution in [0.25, 0.3) is 0 Å². The van der Waals surface area contributed by atoms with Crippen LogP contribution in [0, 0.1) is 0 Å². The maximum absolute atomic E-state index is 12.5. The molecule has 0 saturated carbocycles. The number of ether oxygens (including phenoxy) is 1. The SMILES string of the molecule is CC(C)(C)c1ccc(C(=O)NC2CCN(C(=O)COc3ccccc3)CC2)cc1. The van der Waals surface area contributed by atoms with Gasteiger partial charge in [0.1, 0.15) is 5.75 Å². The number of amides is 2. The summed E-state index contributed by atoms with van der Waals surface area (Å²) in [6, 6.07) is 17.2. The number of benzene rings is 2.